The molecule has 12 nitrogen and oxygen atoms in total. The van der Waals surface area contributed by atoms with Crippen LogP contribution in [0.2, 0.25) is 0 Å². The van der Waals surface area contributed by atoms with E-state index in [4.69, 9.17) is 23.8 Å². The fourth-order valence-electron chi connectivity index (χ4n) is 5.44. The van der Waals surface area contributed by atoms with E-state index >= 15 is 0 Å². The summed E-state index contributed by atoms with van der Waals surface area (Å²) in [5, 5.41) is 63.3. The molecule has 0 spiro atoms. The molecule has 7 N–H and O–H groups in total. The van der Waals surface area contributed by atoms with Crippen LogP contribution in [0.15, 0.2) is 0 Å². The van der Waals surface area contributed by atoms with E-state index in [1.807, 2.05) is 13.8 Å². The number of ether oxygens (including phenoxy) is 4. The second-order valence-corrected chi connectivity index (χ2v) is 14.2. The van der Waals surface area contributed by atoms with Crippen molar-refractivity contribution in [3.05, 3.63) is 0 Å². The number of hydrogen-bond donors (Lipinski definition) is 7. The molecule has 10 unspecified atom stereocenters. The first kappa shape index (κ1) is 34.7. The zero-order valence-corrected chi connectivity index (χ0v) is 25.1. The largest absolute Gasteiger partial charge is 0.394 e. The summed E-state index contributed by atoms with van der Waals surface area (Å²) in [5.41, 5.74) is 0.145. The molecule has 0 amide bonds. The first-order valence-electron chi connectivity index (χ1n) is 13.7. The van der Waals surface area contributed by atoms with Gasteiger partial charge in [0.2, 0.25) is 0 Å². The molecule has 2 fully saturated rings. The molecule has 2 saturated heterocycles. The Labute approximate surface area is 232 Å². The molecule has 0 aliphatic carbocycles. The number of hydroxylamine groups is 1. The molecule has 0 saturated carbocycles. The van der Waals surface area contributed by atoms with E-state index in [1.54, 1.807) is 34.6 Å². The Morgan fingerprint density at radius 2 is 1.18 bits per heavy atom. The summed E-state index contributed by atoms with van der Waals surface area (Å²) in [5.74, 6) is 0. The van der Waals surface area contributed by atoms with Crippen LogP contribution >= 0.6 is 0 Å². The Kier molecular flexibility index (Phi) is 11.4. The molecule has 0 radical (unpaired) electrons. The van der Waals surface area contributed by atoms with E-state index in [-0.39, 0.29) is 5.41 Å². The molecule has 0 aromatic heterocycles. The predicted molar refractivity (Wildman–Crippen MR) is 141 cm³/mol. The van der Waals surface area contributed by atoms with E-state index in [0.29, 0.717) is 6.42 Å². The van der Waals surface area contributed by atoms with Crippen LogP contribution in [0, 0.1) is 5.41 Å². The summed E-state index contributed by atoms with van der Waals surface area (Å²) in [7, 11) is 0. The SMILES string of the molecule is CC(C)(C)CC(C)(C)OC1OC(CO)C(ONC(C)(C)C2OC(CO)C(OC(C)(C)C)C(O)C2O)C(O)C1O. The van der Waals surface area contributed by atoms with E-state index in [2.05, 4.69) is 26.3 Å². The van der Waals surface area contributed by atoms with Gasteiger partial charge in [0, 0.05) is 0 Å². The molecule has 10 atom stereocenters. The molecule has 2 aliphatic heterocycles. The average Bonchev–Trinajstić information content (AvgIpc) is 2.76. The maximum absolute atomic E-state index is 10.9. The molecule has 0 aromatic rings. The highest BCUT2D eigenvalue weighted by molar-refractivity contribution is 5.02. The topological polar surface area (TPSA) is 180 Å². The van der Waals surface area contributed by atoms with Crippen molar-refractivity contribution in [3.8, 4) is 0 Å². The van der Waals surface area contributed by atoms with Gasteiger partial charge in [-0.05, 0) is 60.3 Å². The number of rotatable bonds is 10. The van der Waals surface area contributed by atoms with Crippen molar-refractivity contribution in [2.24, 2.45) is 5.41 Å². The maximum Gasteiger partial charge on any atom is 0.187 e. The Morgan fingerprint density at radius 3 is 1.67 bits per heavy atom. The summed E-state index contributed by atoms with van der Waals surface area (Å²) < 4.78 is 23.6. The van der Waals surface area contributed by atoms with E-state index in [1.165, 1.54) is 0 Å². The average molecular weight is 568 g/mol. The fourth-order valence-corrected chi connectivity index (χ4v) is 5.44. The van der Waals surface area contributed by atoms with Gasteiger partial charge in [0.15, 0.2) is 6.29 Å². The lowest BCUT2D eigenvalue weighted by Crippen LogP contribution is -2.69. The van der Waals surface area contributed by atoms with Crippen molar-refractivity contribution >= 4 is 0 Å². The van der Waals surface area contributed by atoms with Crippen LogP contribution in [0.1, 0.15) is 75.7 Å². The molecule has 0 aromatic carbocycles. The predicted octanol–water partition coefficient (Wildman–Crippen LogP) is -0.00960. The Balaban J connectivity index is 2.12. The molecular formula is C27H53NO11. The first-order chi connectivity index (χ1) is 17.6. The van der Waals surface area contributed by atoms with Crippen LogP contribution in [0.5, 0.6) is 0 Å². The van der Waals surface area contributed by atoms with Crippen LogP contribution in [0.4, 0.5) is 0 Å². The summed E-state index contributed by atoms with van der Waals surface area (Å²) in [6, 6.07) is 0. The summed E-state index contributed by atoms with van der Waals surface area (Å²) in [6.07, 6.45) is -11.6. The third kappa shape index (κ3) is 9.25. The van der Waals surface area contributed by atoms with Gasteiger partial charge < -0.3 is 49.6 Å². The maximum atomic E-state index is 10.9. The molecule has 0 bridgehead atoms. The van der Waals surface area contributed by atoms with Gasteiger partial charge in [-0.1, -0.05) is 20.8 Å². The molecular weight excluding hydrogens is 514 g/mol. The van der Waals surface area contributed by atoms with Crippen molar-refractivity contribution in [2.75, 3.05) is 13.2 Å². The second-order valence-electron chi connectivity index (χ2n) is 14.2. The van der Waals surface area contributed by atoms with Crippen molar-refractivity contribution in [3.63, 3.8) is 0 Å². The molecule has 39 heavy (non-hydrogen) atoms. The molecule has 232 valence electrons. The minimum absolute atomic E-state index is 0.0630. The highest BCUT2D eigenvalue weighted by Crippen LogP contribution is 2.35. The van der Waals surface area contributed by atoms with Crippen LogP contribution < -0.4 is 5.48 Å². The van der Waals surface area contributed by atoms with Crippen molar-refractivity contribution in [1.29, 1.82) is 0 Å². The minimum atomic E-state index is -1.49. The van der Waals surface area contributed by atoms with Gasteiger partial charge in [-0.15, -0.1) is 0 Å². The van der Waals surface area contributed by atoms with Gasteiger partial charge in [0.05, 0.1) is 30.0 Å². The van der Waals surface area contributed by atoms with E-state index in [9.17, 15) is 30.6 Å². The quantitative estimate of drug-likeness (QED) is 0.176. The smallest absolute Gasteiger partial charge is 0.187 e. The van der Waals surface area contributed by atoms with Crippen LogP contribution in [0.25, 0.3) is 0 Å². The third-order valence-electron chi connectivity index (χ3n) is 6.74. The van der Waals surface area contributed by atoms with Crippen LogP contribution in [0.3, 0.4) is 0 Å². The molecule has 2 rings (SSSR count). The Bertz CT molecular complexity index is 762. The lowest BCUT2D eigenvalue weighted by atomic mass is 9.83. The Hall–Kier alpha value is -0.480. The van der Waals surface area contributed by atoms with E-state index < -0.39 is 91.2 Å². The van der Waals surface area contributed by atoms with Gasteiger partial charge in [0.25, 0.3) is 0 Å². The summed E-state index contributed by atoms with van der Waals surface area (Å²) in [6.45, 7) is 17.5. The number of nitrogens with one attached hydrogen (secondary N) is 1. The lowest BCUT2D eigenvalue weighted by Gasteiger charge is -2.49. The second kappa shape index (κ2) is 12.8. The normalized spacial score (nSPS) is 37.2. The molecule has 2 aliphatic rings. The monoisotopic (exact) mass is 567 g/mol. The summed E-state index contributed by atoms with van der Waals surface area (Å²) >= 11 is 0. The molecule has 12 heteroatoms. The van der Waals surface area contributed by atoms with E-state index in [0.717, 1.165) is 0 Å². The van der Waals surface area contributed by atoms with Crippen molar-refractivity contribution in [1.82, 2.24) is 5.48 Å². The summed E-state index contributed by atoms with van der Waals surface area (Å²) in [4.78, 5) is 5.74. The van der Waals surface area contributed by atoms with Crippen molar-refractivity contribution < 1.29 is 54.4 Å². The van der Waals surface area contributed by atoms with Crippen molar-refractivity contribution in [2.45, 2.75) is 154 Å². The van der Waals surface area contributed by atoms with Crippen LogP contribution in [-0.4, -0.2) is 122 Å². The molecule has 2 heterocycles. The lowest BCUT2D eigenvalue weighted by molar-refractivity contribution is -0.341. The van der Waals surface area contributed by atoms with Gasteiger partial charge in [-0.2, -0.15) is 5.48 Å². The standard InChI is InChI=1S/C27H53NO11/c1-24(2,3)13-26(7,8)38-23-19(34)17(32)21(15(12-30)36-23)39-28-27(9,10)22-18(33)16(31)20(14(11-29)35-22)37-25(4,5)6/h14-23,28-34H,11-13H2,1-10H3. The number of aliphatic hydroxyl groups excluding tert-OH is 6. The zero-order chi connectivity index (χ0) is 30.1. The van der Waals surface area contributed by atoms with Gasteiger partial charge in [0.1, 0.15) is 54.9 Å². The van der Waals surface area contributed by atoms with Crippen LogP contribution in [-0.2, 0) is 23.8 Å². The zero-order valence-electron chi connectivity index (χ0n) is 25.1. The minimum Gasteiger partial charge on any atom is -0.394 e. The number of aliphatic hydroxyl groups is 6. The van der Waals surface area contributed by atoms with Gasteiger partial charge in [-0.3, -0.25) is 4.84 Å². The third-order valence-corrected chi connectivity index (χ3v) is 6.74. The Morgan fingerprint density at radius 1 is 0.667 bits per heavy atom. The van der Waals surface area contributed by atoms with Gasteiger partial charge >= 0.3 is 0 Å². The first-order valence-corrected chi connectivity index (χ1v) is 13.7. The highest BCUT2D eigenvalue weighted by Gasteiger charge is 2.53. The van der Waals surface area contributed by atoms with Gasteiger partial charge in [-0.25, -0.2) is 0 Å². The fraction of sp³-hybridized carbons (Fsp3) is 1.00. The highest BCUT2D eigenvalue weighted by atomic mass is 16.7. The number of hydrogen-bond acceptors (Lipinski definition) is 12.